The van der Waals surface area contributed by atoms with Crippen molar-refractivity contribution in [1.29, 1.82) is 0 Å². The Morgan fingerprint density at radius 1 is 1.07 bits per heavy atom. The highest BCUT2D eigenvalue weighted by Gasteiger charge is 2.19. The van der Waals surface area contributed by atoms with Crippen LogP contribution in [0.25, 0.3) is 0 Å². The van der Waals surface area contributed by atoms with E-state index in [9.17, 15) is 5.11 Å². The zero-order chi connectivity index (χ0) is 18.9. The summed E-state index contributed by atoms with van der Waals surface area (Å²) in [6.45, 7) is 6.26. The molecule has 1 aliphatic heterocycles. The van der Waals surface area contributed by atoms with E-state index in [1.807, 2.05) is 18.2 Å². The summed E-state index contributed by atoms with van der Waals surface area (Å²) in [6.07, 6.45) is 2.75. The van der Waals surface area contributed by atoms with E-state index in [1.165, 1.54) is 11.1 Å². The molecule has 1 atom stereocenters. The number of piperidine rings is 1. The molecule has 2 aromatic carbocycles. The number of ether oxygens (including phenoxy) is 1. The van der Waals surface area contributed by atoms with Gasteiger partial charge in [0.1, 0.15) is 18.5 Å². The van der Waals surface area contributed by atoms with Gasteiger partial charge in [0.25, 0.3) is 0 Å². The highest BCUT2D eigenvalue weighted by molar-refractivity contribution is 5.28. The van der Waals surface area contributed by atoms with E-state index in [1.54, 1.807) is 0 Å². The Balaban J connectivity index is 1.32. The Labute approximate surface area is 163 Å². The van der Waals surface area contributed by atoms with Crippen molar-refractivity contribution >= 4 is 0 Å². The van der Waals surface area contributed by atoms with Crippen LogP contribution in [-0.4, -0.2) is 48.4 Å². The van der Waals surface area contributed by atoms with Gasteiger partial charge in [0.2, 0.25) is 0 Å². The van der Waals surface area contributed by atoms with Gasteiger partial charge < -0.3 is 15.2 Å². The maximum atomic E-state index is 10.2. The molecule has 2 aromatic rings. The van der Waals surface area contributed by atoms with Gasteiger partial charge >= 0.3 is 0 Å². The lowest BCUT2D eigenvalue weighted by Crippen LogP contribution is -2.45. The summed E-state index contributed by atoms with van der Waals surface area (Å²) in [5.41, 5.74) is 2.63. The first kappa shape index (κ1) is 19.9. The van der Waals surface area contributed by atoms with E-state index in [0.717, 1.165) is 44.6 Å². The number of hydrogen-bond acceptors (Lipinski definition) is 4. The lowest BCUT2D eigenvalue weighted by molar-refractivity contribution is 0.0979. The van der Waals surface area contributed by atoms with Gasteiger partial charge in [-0.1, -0.05) is 49.4 Å². The van der Waals surface area contributed by atoms with Crippen molar-refractivity contribution in [1.82, 2.24) is 10.2 Å². The lowest BCUT2D eigenvalue weighted by Gasteiger charge is -2.33. The minimum absolute atomic E-state index is 0.326. The molecule has 1 aliphatic rings. The summed E-state index contributed by atoms with van der Waals surface area (Å²) in [4.78, 5) is 2.51. The number of hydrogen-bond donors (Lipinski definition) is 2. The van der Waals surface area contributed by atoms with Gasteiger partial charge in [0.05, 0.1) is 0 Å². The second kappa shape index (κ2) is 10.5. The van der Waals surface area contributed by atoms with Gasteiger partial charge in [-0.3, -0.25) is 4.90 Å². The maximum absolute atomic E-state index is 10.2. The van der Waals surface area contributed by atoms with Crippen LogP contribution in [0.2, 0.25) is 0 Å². The molecule has 4 heteroatoms. The molecule has 1 heterocycles. The molecule has 3 rings (SSSR count). The van der Waals surface area contributed by atoms with Crippen molar-refractivity contribution < 1.29 is 9.84 Å². The van der Waals surface area contributed by atoms with Crippen LogP contribution in [0.1, 0.15) is 30.9 Å². The van der Waals surface area contributed by atoms with E-state index in [0.29, 0.717) is 19.2 Å². The van der Waals surface area contributed by atoms with Crippen LogP contribution in [0.3, 0.4) is 0 Å². The van der Waals surface area contributed by atoms with Gasteiger partial charge in [0, 0.05) is 19.1 Å². The average molecular weight is 369 g/mol. The quantitative estimate of drug-likeness (QED) is 0.713. The fourth-order valence-corrected chi connectivity index (χ4v) is 3.55. The predicted octanol–water partition coefficient (Wildman–Crippen LogP) is 3.24. The zero-order valence-electron chi connectivity index (χ0n) is 16.3. The molecule has 27 heavy (non-hydrogen) atoms. The average Bonchev–Trinajstić information content (AvgIpc) is 2.72. The fraction of sp³-hybridized carbons (Fsp3) is 0.478. The number of aryl methyl sites for hydroxylation is 1. The lowest BCUT2D eigenvalue weighted by atomic mass is 10.0. The molecule has 0 aromatic heterocycles. The Kier molecular flexibility index (Phi) is 7.69. The fourth-order valence-electron chi connectivity index (χ4n) is 3.55. The third-order valence-corrected chi connectivity index (χ3v) is 5.23. The molecule has 0 aliphatic carbocycles. The van der Waals surface area contributed by atoms with Gasteiger partial charge in [-0.05, 0) is 55.6 Å². The first-order valence-electron chi connectivity index (χ1n) is 10.1. The van der Waals surface area contributed by atoms with Crippen LogP contribution < -0.4 is 10.1 Å². The minimum Gasteiger partial charge on any atom is -0.491 e. The Hall–Kier alpha value is -1.88. The van der Waals surface area contributed by atoms with Crippen LogP contribution in [-0.2, 0) is 13.0 Å². The maximum Gasteiger partial charge on any atom is 0.119 e. The number of likely N-dealkylation sites (tertiary alicyclic amines) is 1. The standard InChI is InChI=1S/C23H32N2O2/c1-2-19-9-6-10-23(15-19)27-18-22(26)16-24-21-11-13-25(14-12-21)17-20-7-4-3-5-8-20/h3-10,15,21-22,24,26H,2,11-14,16-18H2,1H3. The smallest absolute Gasteiger partial charge is 0.119 e. The van der Waals surface area contributed by atoms with Gasteiger partial charge in [-0.2, -0.15) is 0 Å². The first-order valence-corrected chi connectivity index (χ1v) is 10.1. The third-order valence-electron chi connectivity index (χ3n) is 5.23. The summed E-state index contributed by atoms with van der Waals surface area (Å²) in [7, 11) is 0. The van der Waals surface area contributed by atoms with Crippen molar-refractivity contribution in [3.8, 4) is 5.75 Å². The number of nitrogens with one attached hydrogen (secondary N) is 1. The van der Waals surface area contributed by atoms with E-state index in [4.69, 9.17) is 4.74 Å². The molecule has 1 unspecified atom stereocenters. The normalized spacial score (nSPS) is 17.0. The Morgan fingerprint density at radius 2 is 1.81 bits per heavy atom. The molecule has 146 valence electrons. The molecule has 2 N–H and O–H groups in total. The minimum atomic E-state index is -0.488. The van der Waals surface area contributed by atoms with Crippen molar-refractivity contribution in [2.45, 2.75) is 44.9 Å². The van der Waals surface area contributed by atoms with E-state index in [2.05, 4.69) is 53.5 Å². The summed E-state index contributed by atoms with van der Waals surface area (Å²) in [5.74, 6) is 0.836. The topological polar surface area (TPSA) is 44.7 Å². The first-order chi connectivity index (χ1) is 13.2. The van der Waals surface area contributed by atoms with Gasteiger partial charge in [-0.25, -0.2) is 0 Å². The molecule has 4 nitrogen and oxygen atoms in total. The van der Waals surface area contributed by atoms with Gasteiger partial charge in [-0.15, -0.1) is 0 Å². The largest absolute Gasteiger partial charge is 0.491 e. The number of aliphatic hydroxyl groups is 1. The molecule has 0 bridgehead atoms. The molecule has 0 spiro atoms. The van der Waals surface area contributed by atoms with Crippen LogP contribution >= 0.6 is 0 Å². The second-order valence-electron chi connectivity index (χ2n) is 7.41. The second-order valence-corrected chi connectivity index (χ2v) is 7.41. The Morgan fingerprint density at radius 3 is 2.56 bits per heavy atom. The molecular weight excluding hydrogens is 336 g/mol. The third kappa shape index (κ3) is 6.65. The van der Waals surface area contributed by atoms with Crippen LogP contribution in [0.15, 0.2) is 54.6 Å². The number of rotatable bonds is 9. The van der Waals surface area contributed by atoms with Crippen molar-refractivity contribution in [2.24, 2.45) is 0 Å². The van der Waals surface area contributed by atoms with Crippen molar-refractivity contribution in [3.63, 3.8) is 0 Å². The molecular formula is C23H32N2O2. The summed E-state index contributed by atoms with van der Waals surface area (Å²) in [6, 6.07) is 19.2. The Bertz CT molecular complexity index is 669. The highest BCUT2D eigenvalue weighted by atomic mass is 16.5. The van der Waals surface area contributed by atoms with Crippen molar-refractivity contribution in [3.05, 3.63) is 65.7 Å². The molecule has 1 fully saturated rings. The van der Waals surface area contributed by atoms with Gasteiger partial charge in [0.15, 0.2) is 0 Å². The van der Waals surface area contributed by atoms with Crippen LogP contribution in [0.5, 0.6) is 5.75 Å². The summed E-state index contributed by atoms with van der Waals surface area (Å²) < 4.78 is 5.74. The van der Waals surface area contributed by atoms with Crippen LogP contribution in [0.4, 0.5) is 0 Å². The number of aliphatic hydroxyl groups excluding tert-OH is 1. The number of nitrogens with zero attached hydrogens (tertiary/aromatic N) is 1. The molecule has 0 radical (unpaired) electrons. The molecule has 0 saturated carbocycles. The highest BCUT2D eigenvalue weighted by Crippen LogP contribution is 2.15. The summed E-state index contributed by atoms with van der Waals surface area (Å²) in [5, 5.41) is 13.7. The predicted molar refractivity (Wildman–Crippen MR) is 110 cm³/mol. The molecule has 0 amide bonds. The van der Waals surface area contributed by atoms with E-state index >= 15 is 0 Å². The van der Waals surface area contributed by atoms with Crippen molar-refractivity contribution in [2.75, 3.05) is 26.2 Å². The molecule has 1 saturated heterocycles. The van der Waals surface area contributed by atoms with E-state index < -0.39 is 6.10 Å². The number of benzene rings is 2. The summed E-state index contributed by atoms with van der Waals surface area (Å²) >= 11 is 0. The zero-order valence-corrected chi connectivity index (χ0v) is 16.3. The van der Waals surface area contributed by atoms with E-state index in [-0.39, 0.29) is 0 Å². The SMILES string of the molecule is CCc1cccc(OCC(O)CNC2CCN(Cc3ccccc3)CC2)c1. The monoisotopic (exact) mass is 368 g/mol. The van der Waals surface area contributed by atoms with Crippen LogP contribution in [0, 0.1) is 0 Å².